The van der Waals surface area contributed by atoms with E-state index in [1.54, 1.807) is 0 Å². The van der Waals surface area contributed by atoms with Gasteiger partial charge < -0.3 is 9.64 Å². The molecule has 0 heterocycles. The highest BCUT2D eigenvalue weighted by atomic mass is 16.5. The molecule has 14 heavy (non-hydrogen) atoms. The molecule has 1 aromatic rings. The second-order valence-corrected chi connectivity index (χ2v) is 3.73. The standard InChI is InChI=1S/C12H19NO/c1-4-9-14-12-7-5-11(6-8-12)10-13(2)3/h5-8H,4,9-10H2,1-3H3. The van der Waals surface area contributed by atoms with E-state index in [-0.39, 0.29) is 0 Å². The van der Waals surface area contributed by atoms with Crippen molar-refractivity contribution in [2.24, 2.45) is 0 Å². The predicted octanol–water partition coefficient (Wildman–Crippen LogP) is 2.54. The Morgan fingerprint density at radius 2 is 1.79 bits per heavy atom. The first kappa shape index (κ1) is 11.1. The molecule has 0 N–H and O–H groups in total. The molecule has 1 rings (SSSR count). The minimum atomic E-state index is 0.799. The van der Waals surface area contributed by atoms with Gasteiger partial charge in [0, 0.05) is 6.54 Å². The second kappa shape index (κ2) is 5.66. The third-order valence-corrected chi connectivity index (χ3v) is 1.90. The molecule has 0 aliphatic heterocycles. The quantitative estimate of drug-likeness (QED) is 0.712. The van der Waals surface area contributed by atoms with Gasteiger partial charge in [0.2, 0.25) is 0 Å². The molecular formula is C12H19NO. The lowest BCUT2D eigenvalue weighted by molar-refractivity contribution is 0.317. The summed E-state index contributed by atoms with van der Waals surface area (Å²) in [5.41, 5.74) is 1.32. The molecule has 78 valence electrons. The third-order valence-electron chi connectivity index (χ3n) is 1.90. The van der Waals surface area contributed by atoms with Gasteiger partial charge in [-0.2, -0.15) is 0 Å². The number of nitrogens with zero attached hydrogens (tertiary/aromatic N) is 1. The molecule has 0 aromatic heterocycles. The molecule has 0 radical (unpaired) electrons. The Labute approximate surface area is 86.5 Å². The van der Waals surface area contributed by atoms with Gasteiger partial charge in [-0.05, 0) is 38.2 Å². The smallest absolute Gasteiger partial charge is 0.119 e. The van der Waals surface area contributed by atoms with Crippen LogP contribution in [0.3, 0.4) is 0 Å². The van der Waals surface area contributed by atoms with Crippen molar-refractivity contribution in [3.05, 3.63) is 29.8 Å². The minimum absolute atomic E-state index is 0.799. The van der Waals surface area contributed by atoms with Gasteiger partial charge in [-0.1, -0.05) is 19.1 Å². The summed E-state index contributed by atoms with van der Waals surface area (Å²) in [5.74, 6) is 0.967. The van der Waals surface area contributed by atoms with Gasteiger partial charge >= 0.3 is 0 Å². The minimum Gasteiger partial charge on any atom is -0.494 e. The van der Waals surface area contributed by atoms with E-state index in [1.165, 1.54) is 5.56 Å². The third kappa shape index (κ3) is 3.79. The van der Waals surface area contributed by atoms with Crippen molar-refractivity contribution in [3.8, 4) is 5.75 Å². The fourth-order valence-electron chi connectivity index (χ4n) is 1.28. The summed E-state index contributed by atoms with van der Waals surface area (Å²) in [6, 6.07) is 8.30. The number of benzene rings is 1. The van der Waals surface area contributed by atoms with Crippen LogP contribution in [0, 0.1) is 0 Å². The first-order valence-corrected chi connectivity index (χ1v) is 5.09. The fourth-order valence-corrected chi connectivity index (χ4v) is 1.28. The van der Waals surface area contributed by atoms with Crippen LogP contribution >= 0.6 is 0 Å². The Hall–Kier alpha value is -1.02. The number of hydrogen-bond acceptors (Lipinski definition) is 2. The average Bonchev–Trinajstić information content (AvgIpc) is 2.16. The zero-order valence-electron chi connectivity index (χ0n) is 9.29. The van der Waals surface area contributed by atoms with Gasteiger partial charge in [0.15, 0.2) is 0 Å². The maximum Gasteiger partial charge on any atom is 0.119 e. The zero-order valence-corrected chi connectivity index (χ0v) is 9.29. The number of ether oxygens (including phenoxy) is 1. The summed E-state index contributed by atoms with van der Waals surface area (Å²) in [7, 11) is 4.14. The first-order chi connectivity index (χ1) is 6.72. The van der Waals surface area contributed by atoms with Gasteiger partial charge in [0.1, 0.15) is 5.75 Å². The average molecular weight is 193 g/mol. The Bertz CT molecular complexity index is 254. The summed E-state index contributed by atoms with van der Waals surface area (Å²) >= 11 is 0. The van der Waals surface area contributed by atoms with Gasteiger partial charge in [-0.15, -0.1) is 0 Å². The van der Waals surface area contributed by atoms with E-state index in [1.807, 2.05) is 12.1 Å². The summed E-state index contributed by atoms with van der Waals surface area (Å²) in [6.45, 7) is 3.89. The fraction of sp³-hybridized carbons (Fsp3) is 0.500. The van der Waals surface area contributed by atoms with Crippen molar-refractivity contribution in [2.45, 2.75) is 19.9 Å². The zero-order chi connectivity index (χ0) is 10.4. The summed E-state index contributed by atoms with van der Waals surface area (Å²) in [4.78, 5) is 2.15. The molecule has 0 bridgehead atoms. The molecule has 0 aliphatic carbocycles. The van der Waals surface area contributed by atoms with Crippen LogP contribution in [0.15, 0.2) is 24.3 Å². The highest BCUT2D eigenvalue weighted by Crippen LogP contribution is 2.13. The number of hydrogen-bond donors (Lipinski definition) is 0. The summed E-state index contributed by atoms with van der Waals surface area (Å²) < 4.78 is 5.50. The van der Waals surface area contributed by atoms with Crippen LogP contribution in [0.5, 0.6) is 5.75 Å². The Morgan fingerprint density at radius 1 is 1.14 bits per heavy atom. The van der Waals surface area contributed by atoms with Gasteiger partial charge in [0.05, 0.1) is 6.61 Å². The van der Waals surface area contributed by atoms with Crippen LogP contribution in [-0.4, -0.2) is 25.6 Å². The lowest BCUT2D eigenvalue weighted by atomic mass is 10.2. The Kier molecular flexibility index (Phi) is 4.47. The van der Waals surface area contributed by atoms with Crippen molar-refractivity contribution in [1.29, 1.82) is 0 Å². The van der Waals surface area contributed by atoms with Crippen LogP contribution in [0.1, 0.15) is 18.9 Å². The topological polar surface area (TPSA) is 12.5 Å². The highest BCUT2D eigenvalue weighted by molar-refractivity contribution is 5.27. The van der Waals surface area contributed by atoms with E-state index >= 15 is 0 Å². The van der Waals surface area contributed by atoms with Crippen molar-refractivity contribution in [1.82, 2.24) is 4.90 Å². The maximum atomic E-state index is 5.50. The first-order valence-electron chi connectivity index (χ1n) is 5.09. The Balaban J connectivity index is 2.50. The highest BCUT2D eigenvalue weighted by Gasteiger charge is 1.96. The molecule has 0 saturated heterocycles. The van der Waals surface area contributed by atoms with Gasteiger partial charge in [-0.25, -0.2) is 0 Å². The second-order valence-electron chi connectivity index (χ2n) is 3.73. The molecule has 2 heteroatoms. The lowest BCUT2D eigenvalue weighted by Crippen LogP contribution is -2.10. The molecule has 0 spiro atoms. The molecule has 2 nitrogen and oxygen atoms in total. The van der Waals surface area contributed by atoms with Crippen molar-refractivity contribution in [3.63, 3.8) is 0 Å². The summed E-state index contributed by atoms with van der Waals surface area (Å²) in [5, 5.41) is 0. The molecular weight excluding hydrogens is 174 g/mol. The van der Waals surface area contributed by atoms with Crippen molar-refractivity contribution >= 4 is 0 Å². The van der Waals surface area contributed by atoms with Crippen LogP contribution in [0.2, 0.25) is 0 Å². The molecule has 0 fully saturated rings. The van der Waals surface area contributed by atoms with E-state index in [0.717, 1.165) is 25.3 Å². The van der Waals surface area contributed by atoms with Gasteiger partial charge in [0.25, 0.3) is 0 Å². The maximum absolute atomic E-state index is 5.50. The normalized spacial score (nSPS) is 10.6. The van der Waals surface area contributed by atoms with E-state index in [4.69, 9.17) is 4.74 Å². The van der Waals surface area contributed by atoms with Crippen LogP contribution in [0.4, 0.5) is 0 Å². The monoisotopic (exact) mass is 193 g/mol. The molecule has 0 unspecified atom stereocenters. The summed E-state index contributed by atoms with van der Waals surface area (Å²) in [6.07, 6.45) is 1.06. The van der Waals surface area contributed by atoms with E-state index in [9.17, 15) is 0 Å². The molecule has 0 aliphatic rings. The predicted molar refractivity (Wildman–Crippen MR) is 59.6 cm³/mol. The van der Waals surface area contributed by atoms with E-state index < -0.39 is 0 Å². The van der Waals surface area contributed by atoms with Crippen LogP contribution < -0.4 is 4.74 Å². The SMILES string of the molecule is CCCOc1ccc(CN(C)C)cc1. The molecule has 1 aromatic carbocycles. The van der Waals surface area contributed by atoms with Gasteiger partial charge in [-0.3, -0.25) is 0 Å². The van der Waals surface area contributed by atoms with Crippen molar-refractivity contribution < 1.29 is 4.74 Å². The molecule has 0 atom stereocenters. The number of rotatable bonds is 5. The Morgan fingerprint density at radius 3 is 2.29 bits per heavy atom. The van der Waals surface area contributed by atoms with Crippen molar-refractivity contribution in [2.75, 3.05) is 20.7 Å². The largest absolute Gasteiger partial charge is 0.494 e. The lowest BCUT2D eigenvalue weighted by Gasteiger charge is -2.10. The van der Waals surface area contributed by atoms with E-state index in [2.05, 4.69) is 38.1 Å². The van der Waals surface area contributed by atoms with E-state index in [0.29, 0.717) is 0 Å². The molecule has 0 saturated carbocycles. The molecule has 0 amide bonds. The van der Waals surface area contributed by atoms with Crippen LogP contribution in [-0.2, 0) is 6.54 Å². The van der Waals surface area contributed by atoms with Crippen LogP contribution in [0.25, 0.3) is 0 Å².